The predicted octanol–water partition coefficient (Wildman–Crippen LogP) is 0.761. The molecule has 0 amide bonds. The number of thiocarbonyl (C=S) groups is 1. The number of hydrogen-bond acceptors (Lipinski definition) is 4. The van der Waals surface area contributed by atoms with Crippen LogP contribution in [0.1, 0.15) is 20.3 Å². The number of aliphatic carboxylic acids is 1. The Morgan fingerprint density at radius 2 is 2.27 bits per heavy atom. The van der Waals surface area contributed by atoms with Crippen LogP contribution in [0.2, 0.25) is 0 Å². The lowest BCUT2D eigenvalue weighted by molar-refractivity contribution is -0.137. The molecule has 15 heavy (non-hydrogen) atoms. The third kappa shape index (κ3) is 5.81. The van der Waals surface area contributed by atoms with Gasteiger partial charge in [-0.05, 0) is 13.5 Å². The summed E-state index contributed by atoms with van der Waals surface area (Å²) in [5.41, 5.74) is 0. The fourth-order valence-electron chi connectivity index (χ4n) is 1.43. The third-order valence-electron chi connectivity index (χ3n) is 2.05. The molecule has 0 aromatic rings. The second-order valence-electron chi connectivity index (χ2n) is 3.31. The molecule has 1 atom stereocenters. The van der Waals surface area contributed by atoms with Crippen LogP contribution < -0.4 is 5.32 Å². The van der Waals surface area contributed by atoms with E-state index in [1.54, 1.807) is 11.9 Å². The molecule has 1 aliphatic heterocycles. The minimum Gasteiger partial charge on any atom is -0.480 e. The van der Waals surface area contributed by atoms with E-state index in [0.29, 0.717) is 6.54 Å². The van der Waals surface area contributed by atoms with Crippen molar-refractivity contribution >= 4 is 23.1 Å². The van der Waals surface area contributed by atoms with Gasteiger partial charge in [0.1, 0.15) is 0 Å². The number of likely N-dealkylation sites (N-methyl/N-ethyl adjacent to an activating group) is 1. The first-order valence-corrected chi connectivity index (χ1v) is 5.67. The van der Waals surface area contributed by atoms with Crippen molar-refractivity contribution in [2.45, 2.75) is 26.3 Å². The highest BCUT2D eigenvalue weighted by Crippen LogP contribution is 2.04. The summed E-state index contributed by atoms with van der Waals surface area (Å²) in [5, 5.41) is 11.8. The number of carboxylic acids is 1. The van der Waals surface area contributed by atoms with Gasteiger partial charge in [-0.25, -0.2) is 0 Å². The van der Waals surface area contributed by atoms with Crippen molar-refractivity contribution in [2.75, 3.05) is 26.7 Å². The molecule has 1 rings (SSSR count). The fraction of sp³-hybridized carbons (Fsp3) is 0.800. The Hall–Kier alpha value is -0.520. The summed E-state index contributed by atoms with van der Waals surface area (Å²) in [7, 11) is 1.79. The van der Waals surface area contributed by atoms with Crippen LogP contribution >= 0.6 is 12.2 Å². The van der Waals surface area contributed by atoms with Crippen LogP contribution in [0, 0.1) is 0 Å². The van der Waals surface area contributed by atoms with Crippen molar-refractivity contribution in [2.24, 2.45) is 0 Å². The van der Waals surface area contributed by atoms with Gasteiger partial charge in [-0.2, -0.15) is 0 Å². The molecular formula is C10H20N2O2S. The maximum absolute atomic E-state index is 10.4. The van der Waals surface area contributed by atoms with Gasteiger partial charge in [-0.15, -0.1) is 0 Å². The lowest BCUT2D eigenvalue weighted by atomic mass is 10.2. The maximum Gasteiger partial charge on any atom is 0.317 e. The van der Waals surface area contributed by atoms with Crippen LogP contribution in [0.4, 0.5) is 0 Å². The maximum atomic E-state index is 10.4. The van der Waals surface area contributed by atoms with Crippen molar-refractivity contribution in [3.63, 3.8) is 0 Å². The van der Waals surface area contributed by atoms with E-state index in [2.05, 4.69) is 5.32 Å². The van der Waals surface area contributed by atoms with E-state index in [-0.39, 0.29) is 12.6 Å². The lowest BCUT2D eigenvalue weighted by Gasteiger charge is -2.19. The average Bonchev–Trinajstić information content (AvgIpc) is 2.54. The molecule has 1 saturated heterocycles. The van der Waals surface area contributed by atoms with Gasteiger partial charge < -0.3 is 10.4 Å². The van der Waals surface area contributed by atoms with Gasteiger partial charge in [0, 0.05) is 18.0 Å². The Balaban J connectivity index is 0.000000921. The van der Waals surface area contributed by atoms with Crippen LogP contribution in [-0.4, -0.2) is 53.6 Å². The van der Waals surface area contributed by atoms with Gasteiger partial charge in [0.25, 0.3) is 0 Å². The van der Waals surface area contributed by atoms with Crippen molar-refractivity contribution in [1.82, 2.24) is 10.2 Å². The second kappa shape index (κ2) is 7.73. The standard InChI is InChI=1S/C8H14N2O2S.C2H6/c1-10(5-8(11)12)4-6-7(13)2-3-9-6;1-2/h6,9H,2-5H2,1H3,(H,11,12);1-2H3. The Labute approximate surface area is 96.6 Å². The van der Waals surface area contributed by atoms with Gasteiger partial charge in [-0.1, -0.05) is 26.1 Å². The summed E-state index contributed by atoms with van der Waals surface area (Å²) in [6.07, 6.45) is 0.931. The van der Waals surface area contributed by atoms with Gasteiger partial charge >= 0.3 is 5.97 Å². The van der Waals surface area contributed by atoms with Gasteiger partial charge in [-0.3, -0.25) is 9.69 Å². The van der Waals surface area contributed by atoms with E-state index < -0.39 is 5.97 Å². The zero-order valence-electron chi connectivity index (χ0n) is 9.62. The smallest absolute Gasteiger partial charge is 0.317 e. The second-order valence-corrected chi connectivity index (χ2v) is 3.84. The van der Waals surface area contributed by atoms with Crippen LogP contribution in [0.25, 0.3) is 0 Å². The summed E-state index contributed by atoms with van der Waals surface area (Å²) < 4.78 is 0. The molecule has 0 bridgehead atoms. The van der Waals surface area contributed by atoms with E-state index >= 15 is 0 Å². The van der Waals surface area contributed by atoms with Crippen molar-refractivity contribution < 1.29 is 9.90 Å². The number of rotatable bonds is 4. The number of hydrogen-bond donors (Lipinski definition) is 2. The molecule has 0 aromatic heterocycles. The topological polar surface area (TPSA) is 52.6 Å². The fourth-order valence-corrected chi connectivity index (χ4v) is 1.69. The first kappa shape index (κ1) is 14.5. The summed E-state index contributed by atoms with van der Waals surface area (Å²) in [6, 6.07) is 0.194. The monoisotopic (exact) mass is 232 g/mol. The molecule has 1 unspecified atom stereocenters. The van der Waals surface area contributed by atoms with Crippen LogP contribution in [0.15, 0.2) is 0 Å². The normalized spacial score (nSPS) is 20.0. The van der Waals surface area contributed by atoms with Gasteiger partial charge in [0.2, 0.25) is 0 Å². The number of carbonyl (C=O) groups is 1. The Kier molecular flexibility index (Phi) is 7.46. The molecule has 1 heterocycles. The predicted molar refractivity (Wildman–Crippen MR) is 65.5 cm³/mol. The number of nitrogens with zero attached hydrogens (tertiary/aromatic N) is 1. The van der Waals surface area contributed by atoms with E-state index in [9.17, 15) is 4.79 Å². The van der Waals surface area contributed by atoms with Crippen LogP contribution in [0.5, 0.6) is 0 Å². The highest BCUT2D eigenvalue weighted by atomic mass is 32.1. The quantitative estimate of drug-likeness (QED) is 0.701. The molecule has 2 N–H and O–H groups in total. The lowest BCUT2D eigenvalue weighted by Crippen LogP contribution is -2.40. The molecular weight excluding hydrogens is 212 g/mol. The highest BCUT2D eigenvalue weighted by molar-refractivity contribution is 7.80. The van der Waals surface area contributed by atoms with Crippen LogP contribution in [-0.2, 0) is 4.79 Å². The summed E-state index contributed by atoms with van der Waals surface area (Å²) in [5.74, 6) is -0.800. The number of nitrogens with one attached hydrogen (secondary N) is 1. The van der Waals surface area contributed by atoms with Gasteiger partial charge in [0.05, 0.1) is 12.6 Å². The molecule has 0 aliphatic carbocycles. The molecule has 4 nitrogen and oxygen atoms in total. The average molecular weight is 232 g/mol. The minimum absolute atomic E-state index is 0.0702. The van der Waals surface area contributed by atoms with Crippen molar-refractivity contribution in [1.29, 1.82) is 0 Å². The summed E-state index contributed by atoms with van der Waals surface area (Å²) in [4.78, 5) is 13.1. The first-order chi connectivity index (χ1) is 7.09. The minimum atomic E-state index is -0.800. The molecule has 0 saturated carbocycles. The molecule has 1 aliphatic rings. The summed E-state index contributed by atoms with van der Waals surface area (Å²) >= 11 is 5.14. The summed E-state index contributed by atoms with van der Waals surface area (Å²) in [6.45, 7) is 5.68. The molecule has 0 spiro atoms. The van der Waals surface area contributed by atoms with E-state index in [1.807, 2.05) is 13.8 Å². The molecule has 0 aromatic carbocycles. The van der Waals surface area contributed by atoms with E-state index in [4.69, 9.17) is 17.3 Å². The zero-order valence-corrected chi connectivity index (χ0v) is 10.4. The molecule has 1 fully saturated rings. The highest BCUT2D eigenvalue weighted by Gasteiger charge is 2.21. The first-order valence-electron chi connectivity index (χ1n) is 5.26. The molecule has 88 valence electrons. The largest absolute Gasteiger partial charge is 0.480 e. The van der Waals surface area contributed by atoms with E-state index in [1.165, 1.54) is 0 Å². The SMILES string of the molecule is CC.CN(CC(=O)O)CC1NCCC1=S. The Bertz CT molecular complexity index is 221. The Morgan fingerprint density at radius 1 is 1.67 bits per heavy atom. The van der Waals surface area contributed by atoms with E-state index in [0.717, 1.165) is 17.8 Å². The third-order valence-corrected chi connectivity index (χ3v) is 2.54. The van der Waals surface area contributed by atoms with Gasteiger partial charge in [0.15, 0.2) is 0 Å². The van der Waals surface area contributed by atoms with Crippen LogP contribution in [0.3, 0.4) is 0 Å². The Morgan fingerprint density at radius 3 is 2.67 bits per heavy atom. The molecule has 5 heteroatoms. The van der Waals surface area contributed by atoms with Crippen molar-refractivity contribution in [3.05, 3.63) is 0 Å². The number of carboxylic acid groups (broad SMARTS) is 1. The zero-order chi connectivity index (χ0) is 11.8. The van der Waals surface area contributed by atoms with Crippen molar-refractivity contribution in [3.8, 4) is 0 Å². The molecule has 0 radical (unpaired) electrons.